The van der Waals surface area contributed by atoms with E-state index in [1.807, 2.05) is 0 Å². The van der Waals surface area contributed by atoms with Gasteiger partial charge in [0.15, 0.2) is 6.29 Å². The second-order valence-electron chi connectivity index (χ2n) is 7.77. The largest absolute Gasteiger partial charge is 0.390 e. The second-order valence-corrected chi connectivity index (χ2v) is 7.77. The normalized spacial score (nSPS) is 51.7. The summed E-state index contributed by atoms with van der Waals surface area (Å²) >= 11 is 0. The Morgan fingerprint density at radius 3 is 1.96 bits per heavy atom. The maximum absolute atomic E-state index is 10.4. The summed E-state index contributed by atoms with van der Waals surface area (Å²) in [5.41, 5.74) is 0. The first-order chi connectivity index (χ1) is 10.8. The van der Waals surface area contributed by atoms with E-state index in [2.05, 4.69) is 48.5 Å². The third-order valence-electron chi connectivity index (χ3n) is 6.43. The number of ether oxygens (including phenoxy) is 3. The van der Waals surface area contributed by atoms with Crippen molar-refractivity contribution < 1.29 is 19.3 Å². The molecule has 0 radical (unpaired) electrons. The lowest BCUT2D eigenvalue weighted by Gasteiger charge is -2.48. The van der Waals surface area contributed by atoms with E-state index in [4.69, 9.17) is 14.2 Å². The Labute approximate surface area is 141 Å². The number of rotatable bonds is 4. The van der Waals surface area contributed by atoms with Gasteiger partial charge in [-0.05, 0) is 37.5 Å². The van der Waals surface area contributed by atoms with Crippen LogP contribution in [0, 0.1) is 23.7 Å². The average molecular weight is 328 g/mol. The van der Waals surface area contributed by atoms with E-state index in [1.165, 1.54) is 0 Å². The van der Waals surface area contributed by atoms with Crippen molar-refractivity contribution in [2.45, 2.75) is 98.1 Å². The van der Waals surface area contributed by atoms with E-state index in [0.717, 1.165) is 12.8 Å². The van der Waals surface area contributed by atoms with Crippen molar-refractivity contribution in [2.75, 3.05) is 0 Å². The van der Waals surface area contributed by atoms with Crippen LogP contribution in [0.15, 0.2) is 0 Å². The van der Waals surface area contributed by atoms with Gasteiger partial charge in [-0.3, -0.25) is 0 Å². The number of hydrogen-bond acceptors (Lipinski definition) is 4. The smallest absolute Gasteiger partial charge is 0.161 e. The summed E-state index contributed by atoms with van der Waals surface area (Å²) in [5.74, 6) is 1.25. The van der Waals surface area contributed by atoms with Crippen LogP contribution in [-0.2, 0) is 14.2 Å². The highest BCUT2D eigenvalue weighted by atomic mass is 16.7. The van der Waals surface area contributed by atoms with E-state index in [1.54, 1.807) is 0 Å². The highest BCUT2D eigenvalue weighted by Crippen LogP contribution is 2.38. The minimum absolute atomic E-state index is 0.0543. The molecule has 0 bridgehead atoms. The van der Waals surface area contributed by atoms with Gasteiger partial charge in [-0.2, -0.15) is 0 Å². The summed E-state index contributed by atoms with van der Waals surface area (Å²) in [6.07, 6.45) is 1.39. The third kappa shape index (κ3) is 3.76. The Kier molecular flexibility index (Phi) is 6.51. The number of aliphatic hydroxyl groups excluding tert-OH is 1. The van der Waals surface area contributed by atoms with Crippen LogP contribution in [0.4, 0.5) is 0 Å². The molecule has 2 aliphatic heterocycles. The van der Waals surface area contributed by atoms with E-state index in [0.29, 0.717) is 11.8 Å². The minimum Gasteiger partial charge on any atom is -0.390 e. The van der Waals surface area contributed by atoms with Crippen LogP contribution in [0.2, 0.25) is 0 Å². The van der Waals surface area contributed by atoms with Crippen molar-refractivity contribution >= 4 is 0 Å². The number of aliphatic hydroxyl groups is 1. The molecule has 0 aromatic rings. The van der Waals surface area contributed by atoms with Gasteiger partial charge >= 0.3 is 0 Å². The first kappa shape index (κ1) is 19.2. The van der Waals surface area contributed by atoms with Gasteiger partial charge in [-0.25, -0.2) is 0 Å². The molecule has 4 heteroatoms. The van der Waals surface area contributed by atoms with Crippen molar-refractivity contribution in [3.05, 3.63) is 0 Å². The highest BCUT2D eigenvalue weighted by molar-refractivity contribution is 4.90. The maximum Gasteiger partial charge on any atom is 0.161 e. The second kappa shape index (κ2) is 7.81. The quantitative estimate of drug-likeness (QED) is 0.856. The lowest BCUT2D eigenvalue weighted by Crippen LogP contribution is -2.55. The molecular weight excluding hydrogens is 292 g/mol. The SMILES string of the molecule is CCC1O[C@H](C)[C@H](C)C(C)[C@H]1O[C@@H]1OC(CC)[C@@H](O)[C@H](C)C1C. The fourth-order valence-corrected chi connectivity index (χ4v) is 4.01. The molecule has 0 saturated carbocycles. The zero-order chi connectivity index (χ0) is 17.3. The minimum atomic E-state index is -0.407. The molecule has 23 heavy (non-hydrogen) atoms. The molecule has 2 saturated heterocycles. The first-order valence-corrected chi connectivity index (χ1v) is 9.46. The zero-order valence-electron chi connectivity index (χ0n) is 15.9. The van der Waals surface area contributed by atoms with Crippen LogP contribution < -0.4 is 0 Å². The maximum atomic E-state index is 10.4. The molecule has 4 nitrogen and oxygen atoms in total. The summed E-state index contributed by atoms with van der Waals surface area (Å²) in [6.45, 7) is 15.1. The molecule has 1 N–H and O–H groups in total. The monoisotopic (exact) mass is 328 g/mol. The van der Waals surface area contributed by atoms with Crippen molar-refractivity contribution in [2.24, 2.45) is 23.7 Å². The molecule has 10 atom stereocenters. The van der Waals surface area contributed by atoms with Crippen LogP contribution in [-0.4, -0.2) is 41.9 Å². The summed E-state index contributed by atoms with van der Waals surface area (Å²) in [6, 6.07) is 0. The van der Waals surface area contributed by atoms with Crippen LogP contribution >= 0.6 is 0 Å². The Bertz CT molecular complexity index is 370. The Morgan fingerprint density at radius 1 is 0.783 bits per heavy atom. The molecular formula is C19H36O4. The summed E-state index contributed by atoms with van der Waals surface area (Å²) in [7, 11) is 0. The van der Waals surface area contributed by atoms with Gasteiger partial charge in [0.1, 0.15) is 0 Å². The van der Waals surface area contributed by atoms with Crippen molar-refractivity contribution in [1.29, 1.82) is 0 Å². The summed E-state index contributed by atoms with van der Waals surface area (Å²) in [5, 5.41) is 10.4. The fraction of sp³-hybridized carbons (Fsp3) is 1.00. The average Bonchev–Trinajstić information content (AvgIpc) is 2.55. The molecule has 0 aromatic carbocycles. The molecule has 2 fully saturated rings. The van der Waals surface area contributed by atoms with E-state index >= 15 is 0 Å². The number of hydrogen-bond donors (Lipinski definition) is 1. The van der Waals surface area contributed by atoms with Gasteiger partial charge in [0.2, 0.25) is 0 Å². The van der Waals surface area contributed by atoms with E-state index in [9.17, 15) is 5.11 Å². The molecule has 0 aromatic heterocycles. The van der Waals surface area contributed by atoms with Crippen LogP contribution in [0.25, 0.3) is 0 Å². The lowest BCUT2D eigenvalue weighted by atomic mass is 9.80. The van der Waals surface area contributed by atoms with Crippen LogP contribution in [0.1, 0.15) is 61.3 Å². The van der Waals surface area contributed by atoms with E-state index in [-0.39, 0.29) is 42.5 Å². The van der Waals surface area contributed by atoms with Gasteiger partial charge in [0, 0.05) is 5.92 Å². The molecule has 0 amide bonds. The molecule has 136 valence electrons. The van der Waals surface area contributed by atoms with E-state index < -0.39 is 6.10 Å². The van der Waals surface area contributed by atoms with Crippen molar-refractivity contribution in [3.63, 3.8) is 0 Å². The molecule has 4 unspecified atom stereocenters. The zero-order valence-corrected chi connectivity index (χ0v) is 15.9. The predicted octanol–water partition coefficient (Wildman–Crippen LogP) is 3.61. The van der Waals surface area contributed by atoms with Crippen molar-refractivity contribution in [3.8, 4) is 0 Å². The van der Waals surface area contributed by atoms with Crippen LogP contribution in [0.3, 0.4) is 0 Å². The molecule has 2 heterocycles. The Morgan fingerprint density at radius 2 is 1.39 bits per heavy atom. The molecule has 0 aliphatic carbocycles. The Hall–Kier alpha value is -0.160. The molecule has 2 rings (SSSR count). The van der Waals surface area contributed by atoms with Gasteiger partial charge in [-0.15, -0.1) is 0 Å². The molecule has 2 aliphatic rings. The summed E-state index contributed by atoms with van der Waals surface area (Å²) in [4.78, 5) is 0. The standard InChI is InChI=1S/C19H36O4/c1-8-15-17(20)11(4)13(6)19(22-15)23-18-12(5)10(3)14(7)21-16(18)9-2/h10-20H,8-9H2,1-7H3/t10-,11-,12?,13?,14-,15?,16?,17+,18-,19+/m1/s1. The van der Waals surface area contributed by atoms with Crippen molar-refractivity contribution in [1.82, 2.24) is 0 Å². The fourth-order valence-electron chi connectivity index (χ4n) is 4.01. The predicted molar refractivity (Wildman–Crippen MR) is 91.1 cm³/mol. The van der Waals surface area contributed by atoms with Crippen LogP contribution in [0.5, 0.6) is 0 Å². The van der Waals surface area contributed by atoms with Gasteiger partial charge in [0.25, 0.3) is 0 Å². The topological polar surface area (TPSA) is 47.9 Å². The Balaban J connectivity index is 2.11. The highest BCUT2D eigenvalue weighted by Gasteiger charge is 2.45. The lowest BCUT2D eigenvalue weighted by molar-refractivity contribution is -0.307. The first-order valence-electron chi connectivity index (χ1n) is 9.46. The van der Waals surface area contributed by atoms with Gasteiger partial charge in [0.05, 0.1) is 30.5 Å². The van der Waals surface area contributed by atoms with Gasteiger partial charge in [-0.1, -0.05) is 41.5 Å². The third-order valence-corrected chi connectivity index (χ3v) is 6.43. The molecule has 0 spiro atoms. The summed E-state index contributed by atoms with van der Waals surface area (Å²) < 4.78 is 18.8. The van der Waals surface area contributed by atoms with Gasteiger partial charge < -0.3 is 19.3 Å².